The Bertz CT molecular complexity index is 83.0. The third-order valence-electron chi connectivity index (χ3n) is 0.958. The number of terminal acetylenes is 1. The van der Waals surface area contributed by atoms with Crippen molar-refractivity contribution >= 4 is 0 Å². The van der Waals surface area contributed by atoms with Crippen molar-refractivity contribution in [2.75, 3.05) is 20.6 Å². The lowest BCUT2D eigenvalue weighted by Crippen LogP contribution is -2.33. The lowest BCUT2D eigenvalue weighted by molar-refractivity contribution is 0.634. The molecule has 2 nitrogen and oxygen atoms in total. The van der Waals surface area contributed by atoms with Gasteiger partial charge in [0.05, 0.1) is 6.04 Å². The minimum atomic E-state index is 0.167. The molecule has 0 fully saturated rings. The largest absolute Gasteiger partial charge is 0.317 e. The van der Waals surface area contributed by atoms with Crippen LogP contribution in [-0.2, 0) is 0 Å². The van der Waals surface area contributed by atoms with Gasteiger partial charge in [-0.15, -0.1) is 6.42 Å². The van der Waals surface area contributed by atoms with E-state index in [1.807, 2.05) is 14.1 Å². The average molecular weight is 112 g/mol. The van der Waals surface area contributed by atoms with Crippen LogP contribution in [0.5, 0.6) is 0 Å². The summed E-state index contributed by atoms with van der Waals surface area (Å²) in [5.41, 5.74) is 0. The summed E-state index contributed by atoms with van der Waals surface area (Å²) in [7, 11) is 3.73. The van der Waals surface area contributed by atoms with Crippen molar-refractivity contribution in [1.82, 2.24) is 10.6 Å². The van der Waals surface area contributed by atoms with Crippen LogP contribution in [0, 0.1) is 12.3 Å². The van der Waals surface area contributed by atoms with Gasteiger partial charge in [0.1, 0.15) is 0 Å². The predicted molar refractivity (Wildman–Crippen MR) is 35.6 cm³/mol. The first-order chi connectivity index (χ1) is 3.85. The molecule has 0 aromatic heterocycles. The Kier molecular flexibility index (Phi) is 4.33. The molecule has 1 unspecified atom stereocenters. The van der Waals surface area contributed by atoms with Crippen LogP contribution in [0.15, 0.2) is 0 Å². The van der Waals surface area contributed by atoms with Gasteiger partial charge in [-0.3, -0.25) is 0 Å². The summed E-state index contributed by atoms with van der Waals surface area (Å²) in [5.74, 6) is 2.58. The molecule has 0 radical (unpaired) electrons. The van der Waals surface area contributed by atoms with Crippen LogP contribution in [0.3, 0.4) is 0 Å². The SMILES string of the molecule is C#CC(CNC)NC. The molecule has 46 valence electrons. The maximum atomic E-state index is 5.12. The van der Waals surface area contributed by atoms with Crippen molar-refractivity contribution in [3.63, 3.8) is 0 Å². The van der Waals surface area contributed by atoms with Crippen LogP contribution in [-0.4, -0.2) is 26.7 Å². The predicted octanol–water partition coefficient (Wildman–Crippen LogP) is -0.573. The summed E-state index contributed by atoms with van der Waals surface area (Å²) in [6.07, 6.45) is 5.12. The van der Waals surface area contributed by atoms with Gasteiger partial charge in [-0.2, -0.15) is 0 Å². The van der Waals surface area contributed by atoms with Gasteiger partial charge in [-0.05, 0) is 14.1 Å². The monoisotopic (exact) mass is 112 g/mol. The smallest absolute Gasteiger partial charge is 0.0810 e. The normalized spacial score (nSPS) is 12.6. The highest BCUT2D eigenvalue weighted by Gasteiger charge is 1.94. The van der Waals surface area contributed by atoms with E-state index >= 15 is 0 Å². The standard InChI is InChI=1S/C6H12N2/c1-4-6(8-3)5-7-2/h1,6-8H,5H2,2-3H3. The highest BCUT2D eigenvalue weighted by atomic mass is 14.9. The maximum absolute atomic E-state index is 5.12. The van der Waals surface area contributed by atoms with E-state index in [0.29, 0.717) is 0 Å². The fourth-order valence-corrected chi connectivity index (χ4v) is 0.448. The maximum Gasteiger partial charge on any atom is 0.0810 e. The number of hydrogen-bond donors (Lipinski definition) is 2. The minimum Gasteiger partial charge on any atom is -0.317 e. The molecule has 0 aromatic rings. The second kappa shape index (κ2) is 4.63. The molecule has 0 amide bonds. The summed E-state index contributed by atoms with van der Waals surface area (Å²) in [6, 6.07) is 0.167. The first kappa shape index (κ1) is 7.48. The molecule has 1 atom stereocenters. The Morgan fingerprint density at radius 3 is 2.38 bits per heavy atom. The second-order valence-electron chi connectivity index (χ2n) is 1.57. The molecule has 0 saturated carbocycles. The van der Waals surface area contributed by atoms with Gasteiger partial charge < -0.3 is 10.6 Å². The van der Waals surface area contributed by atoms with Crippen LogP contribution in [0.2, 0.25) is 0 Å². The number of nitrogens with one attached hydrogen (secondary N) is 2. The average Bonchev–Trinajstić information content (AvgIpc) is 1.83. The molecule has 0 aliphatic carbocycles. The molecule has 2 N–H and O–H groups in total. The van der Waals surface area contributed by atoms with Gasteiger partial charge in [-0.25, -0.2) is 0 Å². The van der Waals surface area contributed by atoms with E-state index in [-0.39, 0.29) is 6.04 Å². The van der Waals surface area contributed by atoms with Crippen molar-refractivity contribution in [1.29, 1.82) is 0 Å². The highest BCUT2D eigenvalue weighted by molar-refractivity contribution is 4.98. The summed E-state index contributed by atoms with van der Waals surface area (Å²) >= 11 is 0. The number of rotatable bonds is 3. The Balaban J connectivity index is 3.26. The molecule has 0 spiro atoms. The van der Waals surface area contributed by atoms with Crippen molar-refractivity contribution in [3.05, 3.63) is 0 Å². The summed E-state index contributed by atoms with van der Waals surface area (Å²) < 4.78 is 0. The molecule has 0 aromatic carbocycles. The van der Waals surface area contributed by atoms with Gasteiger partial charge in [0, 0.05) is 6.54 Å². The zero-order valence-electron chi connectivity index (χ0n) is 5.36. The molecule has 0 saturated heterocycles. The topological polar surface area (TPSA) is 24.1 Å². The zero-order valence-corrected chi connectivity index (χ0v) is 5.36. The second-order valence-corrected chi connectivity index (χ2v) is 1.57. The van der Waals surface area contributed by atoms with Gasteiger partial charge in [0.15, 0.2) is 0 Å². The summed E-state index contributed by atoms with van der Waals surface area (Å²) in [5, 5.41) is 5.92. The Hall–Kier alpha value is -0.520. The third-order valence-corrected chi connectivity index (χ3v) is 0.958. The van der Waals surface area contributed by atoms with E-state index in [0.717, 1.165) is 6.54 Å². The molecule has 0 rings (SSSR count). The molecule has 0 aliphatic rings. The van der Waals surface area contributed by atoms with Crippen molar-refractivity contribution in [2.24, 2.45) is 0 Å². The molecular formula is C6H12N2. The molecular weight excluding hydrogens is 100 g/mol. The Morgan fingerprint density at radius 2 is 2.25 bits per heavy atom. The summed E-state index contributed by atoms with van der Waals surface area (Å²) in [4.78, 5) is 0. The van der Waals surface area contributed by atoms with Crippen LogP contribution >= 0.6 is 0 Å². The molecule has 0 heterocycles. The van der Waals surface area contributed by atoms with Gasteiger partial charge in [-0.1, -0.05) is 5.92 Å². The Labute approximate surface area is 50.7 Å². The lowest BCUT2D eigenvalue weighted by atomic mass is 10.3. The van der Waals surface area contributed by atoms with Gasteiger partial charge in [0.25, 0.3) is 0 Å². The van der Waals surface area contributed by atoms with E-state index in [1.165, 1.54) is 0 Å². The lowest BCUT2D eigenvalue weighted by Gasteiger charge is -2.05. The summed E-state index contributed by atoms with van der Waals surface area (Å²) in [6.45, 7) is 0.826. The molecule has 0 aliphatic heterocycles. The molecule has 0 bridgehead atoms. The van der Waals surface area contributed by atoms with Crippen molar-refractivity contribution in [3.8, 4) is 12.3 Å². The molecule has 8 heavy (non-hydrogen) atoms. The van der Waals surface area contributed by atoms with Gasteiger partial charge >= 0.3 is 0 Å². The van der Waals surface area contributed by atoms with E-state index in [4.69, 9.17) is 6.42 Å². The van der Waals surface area contributed by atoms with E-state index in [2.05, 4.69) is 16.6 Å². The first-order valence-electron chi connectivity index (χ1n) is 2.63. The zero-order chi connectivity index (χ0) is 6.41. The first-order valence-corrected chi connectivity index (χ1v) is 2.63. The number of hydrogen-bond acceptors (Lipinski definition) is 2. The van der Waals surface area contributed by atoms with E-state index in [1.54, 1.807) is 0 Å². The van der Waals surface area contributed by atoms with Crippen LogP contribution in [0.25, 0.3) is 0 Å². The van der Waals surface area contributed by atoms with E-state index < -0.39 is 0 Å². The molecule has 2 heteroatoms. The van der Waals surface area contributed by atoms with Gasteiger partial charge in [0.2, 0.25) is 0 Å². The third kappa shape index (κ3) is 2.62. The quantitative estimate of drug-likeness (QED) is 0.478. The fourth-order valence-electron chi connectivity index (χ4n) is 0.448. The minimum absolute atomic E-state index is 0.167. The highest BCUT2D eigenvalue weighted by Crippen LogP contribution is 1.71. The van der Waals surface area contributed by atoms with Crippen LogP contribution < -0.4 is 10.6 Å². The van der Waals surface area contributed by atoms with Crippen LogP contribution in [0.4, 0.5) is 0 Å². The van der Waals surface area contributed by atoms with Crippen molar-refractivity contribution in [2.45, 2.75) is 6.04 Å². The van der Waals surface area contributed by atoms with Crippen LogP contribution in [0.1, 0.15) is 0 Å². The van der Waals surface area contributed by atoms with E-state index in [9.17, 15) is 0 Å². The number of likely N-dealkylation sites (N-methyl/N-ethyl adjacent to an activating group) is 2. The van der Waals surface area contributed by atoms with Crippen molar-refractivity contribution < 1.29 is 0 Å². The fraction of sp³-hybridized carbons (Fsp3) is 0.667. The Morgan fingerprint density at radius 1 is 1.62 bits per heavy atom.